The van der Waals surface area contributed by atoms with Crippen LogP contribution in [-0.4, -0.2) is 29.3 Å². The summed E-state index contributed by atoms with van der Waals surface area (Å²) in [5.41, 5.74) is 4.19. The van der Waals surface area contributed by atoms with Crippen LogP contribution in [0.15, 0.2) is 58.8 Å². The Morgan fingerprint density at radius 1 is 1.13 bits per heavy atom. The van der Waals surface area contributed by atoms with Crippen molar-refractivity contribution in [2.45, 2.75) is 65.8 Å². The lowest BCUT2D eigenvalue weighted by molar-refractivity contribution is -0.140. The number of anilines is 1. The fraction of sp³-hybridized carbons (Fsp3) is 0.423. The summed E-state index contributed by atoms with van der Waals surface area (Å²) in [7, 11) is 0. The summed E-state index contributed by atoms with van der Waals surface area (Å²) in [6, 6.07) is 10.6. The van der Waals surface area contributed by atoms with Crippen LogP contribution in [0.4, 0.5) is 5.69 Å². The molecule has 1 aromatic carbocycles. The number of fused-ring (bicyclic) bond motifs is 1. The van der Waals surface area contributed by atoms with E-state index in [-0.39, 0.29) is 22.9 Å². The van der Waals surface area contributed by atoms with Gasteiger partial charge < -0.3 is 4.90 Å². The second kappa shape index (κ2) is 8.55. The van der Waals surface area contributed by atoms with E-state index in [9.17, 15) is 14.9 Å². The number of carbonyl (C=O) groups excluding carboxylic acids is 2. The summed E-state index contributed by atoms with van der Waals surface area (Å²) in [5.74, 6) is -0.808. The van der Waals surface area contributed by atoms with Crippen molar-refractivity contribution in [2.24, 2.45) is 0 Å². The Morgan fingerprint density at radius 3 is 2.42 bits per heavy atom. The molecule has 0 aliphatic carbocycles. The van der Waals surface area contributed by atoms with Gasteiger partial charge in [0, 0.05) is 35.0 Å². The minimum atomic E-state index is -0.485. The molecule has 2 aliphatic rings. The number of carbonyl (C=O) groups is 2. The van der Waals surface area contributed by atoms with Gasteiger partial charge in [0.25, 0.3) is 11.8 Å². The third kappa shape index (κ3) is 3.72. The highest BCUT2D eigenvalue weighted by Gasteiger charge is 2.41. The Hall–Kier alpha value is -3.13. The molecule has 0 bridgehead atoms. The van der Waals surface area contributed by atoms with Crippen molar-refractivity contribution in [2.75, 3.05) is 11.4 Å². The van der Waals surface area contributed by atoms with Crippen molar-refractivity contribution in [1.29, 1.82) is 5.26 Å². The Bertz CT molecular complexity index is 1050. The third-order valence-electron chi connectivity index (χ3n) is 6.22. The van der Waals surface area contributed by atoms with Crippen molar-refractivity contribution >= 4 is 17.5 Å². The lowest BCUT2D eigenvalue weighted by atomic mass is 9.83. The van der Waals surface area contributed by atoms with Gasteiger partial charge in [0.15, 0.2) is 0 Å². The molecule has 0 fully saturated rings. The summed E-state index contributed by atoms with van der Waals surface area (Å²) in [4.78, 5) is 29.3. The highest BCUT2D eigenvalue weighted by molar-refractivity contribution is 6.18. The number of amides is 2. The van der Waals surface area contributed by atoms with Crippen LogP contribution in [0.2, 0.25) is 0 Å². The molecule has 31 heavy (non-hydrogen) atoms. The minimum absolute atomic E-state index is 0.0510. The van der Waals surface area contributed by atoms with E-state index in [1.54, 1.807) is 13.0 Å². The molecule has 0 saturated carbocycles. The van der Waals surface area contributed by atoms with Crippen molar-refractivity contribution in [3.8, 4) is 6.07 Å². The quantitative estimate of drug-likeness (QED) is 0.499. The number of unbranched alkanes of at least 4 members (excludes halogenated alkanes) is 1. The fourth-order valence-corrected chi connectivity index (χ4v) is 4.46. The molecule has 2 amide bonds. The minimum Gasteiger partial charge on any atom is -0.341 e. The monoisotopic (exact) mass is 417 g/mol. The zero-order valence-corrected chi connectivity index (χ0v) is 19.3. The average Bonchev–Trinajstić information content (AvgIpc) is 2.95. The van der Waals surface area contributed by atoms with Gasteiger partial charge in [-0.1, -0.05) is 45.4 Å². The molecule has 2 aliphatic heterocycles. The van der Waals surface area contributed by atoms with E-state index in [0.717, 1.165) is 12.1 Å². The molecule has 0 saturated heterocycles. The maximum absolute atomic E-state index is 13.2. The zero-order chi connectivity index (χ0) is 22.9. The van der Waals surface area contributed by atoms with Gasteiger partial charge in [0.1, 0.15) is 11.6 Å². The smallest absolute Gasteiger partial charge is 0.271 e. The van der Waals surface area contributed by atoms with Crippen LogP contribution < -0.4 is 4.90 Å². The molecule has 0 N–H and O–H groups in total. The molecule has 162 valence electrons. The van der Waals surface area contributed by atoms with E-state index >= 15 is 0 Å². The summed E-state index contributed by atoms with van der Waals surface area (Å²) in [6.07, 6.45) is 5.35. The standard InChI is InChI=1S/C26H31N3O2/c1-7-8-15-28-24(30)19(18(4)20(16-27)25(28)31)13-14-23-26(5,6)21-11-9-10-12-22(21)29(23)17(2)3/h9-14,17H,7-8,15H2,1-6H3/b19-13-,23-14+. The van der Waals surface area contributed by atoms with Gasteiger partial charge >= 0.3 is 0 Å². The topological polar surface area (TPSA) is 64.4 Å². The van der Waals surface area contributed by atoms with E-state index in [1.807, 2.05) is 25.1 Å². The van der Waals surface area contributed by atoms with Crippen LogP contribution in [0.3, 0.4) is 0 Å². The van der Waals surface area contributed by atoms with Crippen LogP contribution in [0.1, 0.15) is 59.9 Å². The highest BCUT2D eigenvalue weighted by Crippen LogP contribution is 2.48. The number of nitrogens with zero attached hydrogens (tertiary/aromatic N) is 3. The Kier molecular flexibility index (Phi) is 6.22. The average molecular weight is 418 g/mol. The van der Waals surface area contributed by atoms with Crippen LogP contribution in [0, 0.1) is 11.3 Å². The van der Waals surface area contributed by atoms with E-state index in [1.165, 1.54) is 16.2 Å². The van der Waals surface area contributed by atoms with Crippen LogP contribution in [-0.2, 0) is 15.0 Å². The first-order chi connectivity index (χ1) is 14.7. The second-order valence-corrected chi connectivity index (χ2v) is 8.97. The molecule has 0 unspecified atom stereocenters. The number of allylic oxidation sites excluding steroid dienone is 3. The summed E-state index contributed by atoms with van der Waals surface area (Å²) in [6.45, 7) is 12.7. The first-order valence-corrected chi connectivity index (χ1v) is 11.0. The Balaban J connectivity index is 2.13. The molecule has 0 aromatic heterocycles. The maximum atomic E-state index is 13.2. The number of rotatable bonds is 5. The molecule has 0 radical (unpaired) electrons. The normalized spacial score (nSPS) is 20.8. The molecular weight excluding hydrogens is 386 g/mol. The van der Waals surface area contributed by atoms with Crippen molar-refractivity contribution in [3.05, 3.63) is 64.4 Å². The Morgan fingerprint density at radius 2 is 1.81 bits per heavy atom. The summed E-state index contributed by atoms with van der Waals surface area (Å²) in [5, 5.41) is 9.56. The van der Waals surface area contributed by atoms with Gasteiger partial charge in [-0.25, -0.2) is 0 Å². The van der Waals surface area contributed by atoms with E-state index in [4.69, 9.17) is 0 Å². The van der Waals surface area contributed by atoms with Gasteiger partial charge in [-0.05, 0) is 56.5 Å². The van der Waals surface area contributed by atoms with E-state index in [2.05, 4.69) is 50.8 Å². The van der Waals surface area contributed by atoms with Gasteiger partial charge in [0.05, 0.1) is 0 Å². The highest BCUT2D eigenvalue weighted by atomic mass is 16.2. The van der Waals surface area contributed by atoms with E-state index < -0.39 is 5.91 Å². The molecule has 1 aromatic rings. The van der Waals surface area contributed by atoms with Gasteiger partial charge in [-0.15, -0.1) is 0 Å². The number of hydrogen-bond acceptors (Lipinski definition) is 4. The SMILES string of the molecule is CCCCN1C(=O)C(C#N)=C(C)/C(=C/C=C2/N(C(C)C)c3ccccc3C2(C)C)C1=O. The molecule has 0 atom stereocenters. The predicted octanol–water partition coefficient (Wildman–Crippen LogP) is 5.01. The van der Waals surface area contributed by atoms with Crippen molar-refractivity contribution in [3.63, 3.8) is 0 Å². The maximum Gasteiger partial charge on any atom is 0.271 e. The number of nitriles is 1. The summed E-state index contributed by atoms with van der Waals surface area (Å²) < 4.78 is 0. The van der Waals surface area contributed by atoms with Crippen LogP contribution >= 0.6 is 0 Å². The van der Waals surface area contributed by atoms with Gasteiger partial charge in [0.2, 0.25) is 0 Å². The largest absolute Gasteiger partial charge is 0.341 e. The lowest BCUT2D eigenvalue weighted by Crippen LogP contribution is -2.43. The second-order valence-electron chi connectivity index (χ2n) is 8.97. The fourth-order valence-electron chi connectivity index (χ4n) is 4.46. The Labute approximate surface area is 185 Å². The van der Waals surface area contributed by atoms with Crippen molar-refractivity contribution < 1.29 is 9.59 Å². The first kappa shape index (κ1) is 22.6. The van der Waals surface area contributed by atoms with Crippen molar-refractivity contribution in [1.82, 2.24) is 4.90 Å². The van der Waals surface area contributed by atoms with Gasteiger partial charge in [-0.3, -0.25) is 14.5 Å². The first-order valence-electron chi connectivity index (χ1n) is 11.0. The predicted molar refractivity (Wildman–Crippen MR) is 123 cm³/mol. The summed E-state index contributed by atoms with van der Waals surface area (Å²) >= 11 is 0. The molecule has 2 heterocycles. The molecule has 5 nitrogen and oxygen atoms in total. The molecular formula is C26H31N3O2. The number of para-hydroxylation sites is 1. The van der Waals surface area contributed by atoms with Gasteiger partial charge in [-0.2, -0.15) is 5.26 Å². The van der Waals surface area contributed by atoms with E-state index in [0.29, 0.717) is 24.1 Å². The molecule has 3 rings (SSSR count). The zero-order valence-electron chi connectivity index (χ0n) is 19.3. The van der Waals surface area contributed by atoms with Crippen LogP contribution in [0.5, 0.6) is 0 Å². The molecule has 5 heteroatoms. The number of hydrogen-bond donors (Lipinski definition) is 0. The number of imide groups is 1. The number of benzene rings is 1. The molecule has 0 spiro atoms. The van der Waals surface area contributed by atoms with Crippen LogP contribution in [0.25, 0.3) is 0 Å². The third-order valence-corrected chi connectivity index (χ3v) is 6.22. The lowest BCUT2D eigenvalue weighted by Gasteiger charge is -2.30.